The molecule has 0 heterocycles. The van der Waals surface area contributed by atoms with Crippen molar-refractivity contribution in [2.24, 2.45) is 0 Å². The molecule has 0 aliphatic carbocycles. The summed E-state index contributed by atoms with van der Waals surface area (Å²) < 4.78 is 0. The molecule has 0 amide bonds. The molecular weight excluding hydrogens is 297 g/mol. The summed E-state index contributed by atoms with van der Waals surface area (Å²) in [7, 11) is 0. The maximum Gasteiger partial charge on any atom is 0.0545 e. The van der Waals surface area contributed by atoms with E-state index in [9.17, 15) is 0 Å². The first-order chi connectivity index (χ1) is 9.20. The quantitative estimate of drug-likeness (QED) is 0.809. The standard InChI is InChI=1S/C15H15Cl2NS/c1-2-18-10-11-7-8-12(9-14(11)17)19-15-6-4-3-5-13(15)16/h3-9,18H,2,10H2,1H3. The first-order valence-electron chi connectivity index (χ1n) is 6.12. The average molecular weight is 312 g/mol. The fraction of sp³-hybridized carbons (Fsp3) is 0.200. The predicted molar refractivity (Wildman–Crippen MR) is 84.4 cm³/mol. The number of halogens is 2. The molecule has 0 atom stereocenters. The van der Waals surface area contributed by atoms with E-state index in [1.54, 1.807) is 11.8 Å². The van der Waals surface area contributed by atoms with Gasteiger partial charge >= 0.3 is 0 Å². The first kappa shape index (κ1) is 14.7. The molecule has 0 fully saturated rings. The van der Waals surface area contributed by atoms with E-state index in [1.807, 2.05) is 30.3 Å². The summed E-state index contributed by atoms with van der Waals surface area (Å²) in [5.74, 6) is 0. The van der Waals surface area contributed by atoms with Gasteiger partial charge in [0.25, 0.3) is 0 Å². The Morgan fingerprint density at radius 3 is 2.53 bits per heavy atom. The molecule has 0 spiro atoms. The van der Waals surface area contributed by atoms with Crippen molar-refractivity contribution in [3.8, 4) is 0 Å². The smallest absolute Gasteiger partial charge is 0.0545 e. The topological polar surface area (TPSA) is 12.0 Å². The SMILES string of the molecule is CCNCc1ccc(Sc2ccccc2Cl)cc1Cl. The summed E-state index contributed by atoms with van der Waals surface area (Å²) in [5.41, 5.74) is 1.12. The van der Waals surface area contributed by atoms with Crippen LogP contribution in [0.15, 0.2) is 52.3 Å². The third kappa shape index (κ3) is 4.15. The van der Waals surface area contributed by atoms with Gasteiger partial charge in [0, 0.05) is 21.4 Å². The van der Waals surface area contributed by atoms with Crippen molar-refractivity contribution >= 4 is 35.0 Å². The Morgan fingerprint density at radius 1 is 1.05 bits per heavy atom. The normalized spacial score (nSPS) is 10.7. The third-order valence-electron chi connectivity index (χ3n) is 2.65. The second-order valence-corrected chi connectivity index (χ2v) is 6.00. The van der Waals surface area contributed by atoms with Crippen LogP contribution in [0.5, 0.6) is 0 Å². The van der Waals surface area contributed by atoms with Crippen LogP contribution >= 0.6 is 35.0 Å². The van der Waals surface area contributed by atoms with Gasteiger partial charge in [0.2, 0.25) is 0 Å². The fourth-order valence-corrected chi connectivity index (χ4v) is 3.09. The van der Waals surface area contributed by atoms with Gasteiger partial charge in [0.05, 0.1) is 5.02 Å². The Labute approximate surface area is 128 Å². The van der Waals surface area contributed by atoms with Gasteiger partial charge in [-0.25, -0.2) is 0 Å². The van der Waals surface area contributed by atoms with Gasteiger partial charge in [-0.3, -0.25) is 0 Å². The molecule has 100 valence electrons. The Balaban J connectivity index is 2.14. The highest BCUT2D eigenvalue weighted by Crippen LogP contribution is 2.34. The predicted octanol–water partition coefficient (Wildman–Crippen LogP) is 5.25. The zero-order valence-corrected chi connectivity index (χ0v) is 12.9. The van der Waals surface area contributed by atoms with Gasteiger partial charge in [0.1, 0.15) is 0 Å². The van der Waals surface area contributed by atoms with Gasteiger partial charge < -0.3 is 5.32 Å². The molecule has 2 rings (SSSR count). The first-order valence-corrected chi connectivity index (χ1v) is 7.69. The van der Waals surface area contributed by atoms with E-state index in [0.717, 1.165) is 38.5 Å². The van der Waals surface area contributed by atoms with Crippen molar-refractivity contribution in [1.29, 1.82) is 0 Å². The molecule has 1 nitrogen and oxygen atoms in total. The second-order valence-electron chi connectivity index (χ2n) is 4.07. The molecule has 0 radical (unpaired) electrons. The van der Waals surface area contributed by atoms with Gasteiger partial charge in [-0.1, -0.05) is 60.1 Å². The van der Waals surface area contributed by atoms with Crippen molar-refractivity contribution < 1.29 is 0 Å². The molecule has 1 N–H and O–H groups in total. The van der Waals surface area contributed by atoms with Crippen molar-refractivity contribution in [2.75, 3.05) is 6.54 Å². The van der Waals surface area contributed by atoms with Crippen LogP contribution in [0, 0.1) is 0 Å². The summed E-state index contributed by atoms with van der Waals surface area (Å²) in [6, 6.07) is 13.9. The van der Waals surface area contributed by atoms with Crippen molar-refractivity contribution in [3.63, 3.8) is 0 Å². The lowest BCUT2D eigenvalue weighted by Crippen LogP contribution is -2.11. The lowest BCUT2D eigenvalue weighted by atomic mass is 10.2. The molecule has 0 aromatic heterocycles. The zero-order chi connectivity index (χ0) is 13.7. The molecular formula is C15H15Cl2NS. The molecule has 19 heavy (non-hydrogen) atoms. The number of hydrogen-bond donors (Lipinski definition) is 1. The maximum absolute atomic E-state index is 6.28. The molecule has 0 saturated heterocycles. The van der Waals surface area contributed by atoms with Crippen LogP contribution < -0.4 is 5.32 Å². The minimum Gasteiger partial charge on any atom is -0.313 e. The minimum atomic E-state index is 0.764. The number of rotatable bonds is 5. The van der Waals surface area contributed by atoms with E-state index in [4.69, 9.17) is 23.2 Å². The lowest BCUT2D eigenvalue weighted by Gasteiger charge is -2.08. The molecule has 0 saturated carbocycles. The van der Waals surface area contributed by atoms with E-state index in [1.165, 1.54) is 0 Å². The van der Waals surface area contributed by atoms with Gasteiger partial charge in [0.15, 0.2) is 0 Å². The molecule has 0 unspecified atom stereocenters. The van der Waals surface area contributed by atoms with Crippen molar-refractivity contribution in [2.45, 2.75) is 23.3 Å². The summed E-state index contributed by atoms with van der Waals surface area (Å²) in [6.45, 7) is 3.81. The second kappa shape index (κ2) is 7.20. The highest BCUT2D eigenvalue weighted by molar-refractivity contribution is 7.99. The largest absolute Gasteiger partial charge is 0.313 e. The van der Waals surface area contributed by atoms with Crippen LogP contribution in [0.4, 0.5) is 0 Å². The number of hydrogen-bond acceptors (Lipinski definition) is 2. The Hall–Kier alpha value is -0.670. The summed E-state index contributed by atoms with van der Waals surface area (Å²) >= 11 is 14.1. The van der Waals surface area contributed by atoms with Gasteiger partial charge in [-0.05, 0) is 36.4 Å². The molecule has 0 bridgehead atoms. The van der Waals surface area contributed by atoms with Crippen LogP contribution in [-0.2, 0) is 6.54 Å². The number of nitrogens with one attached hydrogen (secondary N) is 1. The van der Waals surface area contributed by atoms with Crippen molar-refractivity contribution in [3.05, 3.63) is 58.1 Å². The van der Waals surface area contributed by atoms with Crippen LogP contribution in [0.3, 0.4) is 0 Å². The fourth-order valence-electron chi connectivity index (χ4n) is 1.65. The number of benzene rings is 2. The summed E-state index contributed by atoms with van der Waals surface area (Å²) in [5, 5.41) is 4.83. The van der Waals surface area contributed by atoms with Crippen LogP contribution in [0.2, 0.25) is 10.0 Å². The van der Waals surface area contributed by atoms with E-state index < -0.39 is 0 Å². The summed E-state index contributed by atoms with van der Waals surface area (Å²) in [6.07, 6.45) is 0. The molecule has 0 aliphatic rings. The zero-order valence-electron chi connectivity index (χ0n) is 10.6. The molecule has 2 aromatic rings. The molecule has 4 heteroatoms. The van der Waals surface area contributed by atoms with Crippen molar-refractivity contribution in [1.82, 2.24) is 5.32 Å². The lowest BCUT2D eigenvalue weighted by molar-refractivity contribution is 0.726. The van der Waals surface area contributed by atoms with E-state index >= 15 is 0 Å². The van der Waals surface area contributed by atoms with Gasteiger partial charge in [-0.2, -0.15) is 0 Å². The van der Waals surface area contributed by atoms with Crippen LogP contribution in [0.1, 0.15) is 12.5 Å². The highest BCUT2D eigenvalue weighted by atomic mass is 35.5. The van der Waals surface area contributed by atoms with Crippen LogP contribution in [-0.4, -0.2) is 6.54 Å². The minimum absolute atomic E-state index is 0.764. The van der Waals surface area contributed by atoms with Gasteiger partial charge in [-0.15, -0.1) is 0 Å². The van der Waals surface area contributed by atoms with E-state index in [0.29, 0.717) is 0 Å². The molecule has 2 aromatic carbocycles. The average Bonchev–Trinajstić information content (AvgIpc) is 2.40. The molecule has 0 aliphatic heterocycles. The Bertz CT molecular complexity index is 558. The van der Waals surface area contributed by atoms with E-state index in [2.05, 4.69) is 24.4 Å². The monoisotopic (exact) mass is 311 g/mol. The Morgan fingerprint density at radius 2 is 1.84 bits per heavy atom. The third-order valence-corrected chi connectivity index (χ3v) is 4.51. The summed E-state index contributed by atoms with van der Waals surface area (Å²) in [4.78, 5) is 2.14. The van der Waals surface area contributed by atoms with Crippen LogP contribution in [0.25, 0.3) is 0 Å². The highest BCUT2D eigenvalue weighted by Gasteiger charge is 2.05. The maximum atomic E-state index is 6.28. The Kier molecular flexibility index (Phi) is 5.59. The van der Waals surface area contributed by atoms with E-state index in [-0.39, 0.29) is 0 Å².